The van der Waals surface area contributed by atoms with Crippen molar-refractivity contribution in [1.29, 1.82) is 0 Å². The van der Waals surface area contributed by atoms with Crippen LogP contribution in [0.1, 0.15) is 30.1 Å². The molecule has 0 bridgehead atoms. The predicted molar refractivity (Wildman–Crippen MR) is 138 cm³/mol. The van der Waals surface area contributed by atoms with E-state index in [4.69, 9.17) is 14.1 Å². The summed E-state index contributed by atoms with van der Waals surface area (Å²) in [5, 5.41) is 1.54. The van der Waals surface area contributed by atoms with E-state index in [0.717, 1.165) is 44.8 Å². The van der Waals surface area contributed by atoms with Gasteiger partial charge in [0, 0.05) is 17.2 Å². The molecule has 1 N–H and O–H groups in total. The molecular formula is C25H22N4O3S2. The van der Waals surface area contributed by atoms with E-state index < -0.39 is 0 Å². The number of rotatable bonds is 7. The Morgan fingerprint density at radius 3 is 2.91 bits per heavy atom. The number of methoxy groups -OCH3 is 1. The van der Waals surface area contributed by atoms with Crippen molar-refractivity contribution >= 4 is 49.3 Å². The van der Waals surface area contributed by atoms with Gasteiger partial charge in [-0.2, -0.15) is 0 Å². The Labute approximate surface area is 203 Å². The third kappa shape index (κ3) is 3.56. The Hall–Kier alpha value is -3.30. The predicted octanol–water partition coefficient (Wildman–Crippen LogP) is 5.89. The largest absolute Gasteiger partial charge is 0.497 e. The summed E-state index contributed by atoms with van der Waals surface area (Å²) < 4.78 is 17.1. The van der Waals surface area contributed by atoms with Crippen molar-refractivity contribution in [1.82, 2.24) is 14.5 Å². The summed E-state index contributed by atoms with van der Waals surface area (Å²) in [6.07, 6.45) is 7.26. The van der Waals surface area contributed by atoms with Crippen LogP contribution < -0.4 is 15.0 Å². The Kier molecular flexibility index (Phi) is 5.30. The molecule has 3 heterocycles. The number of fused-ring (bicyclic) bond motifs is 3. The Balaban J connectivity index is 1.66. The zero-order valence-corrected chi connectivity index (χ0v) is 20.3. The van der Waals surface area contributed by atoms with Crippen LogP contribution in [0.3, 0.4) is 0 Å². The van der Waals surface area contributed by atoms with Crippen molar-refractivity contribution < 1.29 is 9.15 Å². The van der Waals surface area contributed by atoms with Crippen molar-refractivity contribution in [3.8, 4) is 17.1 Å². The van der Waals surface area contributed by atoms with Crippen molar-refractivity contribution in [2.75, 3.05) is 18.1 Å². The first kappa shape index (κ1) is 21.2. The molecule has 3 aromatic heterocycles. The Morgan fingerprint density at radius 2 is 2.18 bits per heavy atom. The van der Waals surface area contributed by atoms with E-state index in [1.54, 1.807) is 29.2 Å². The fourth-order valence-corrected chi connectivity index (χ4v) is 5.99. The standard InChI is InChI=1S/C25H22N4O3S2/c1-31-15-8-9-17(19(10-15)14-6-7-14)23-27-24-21(25(30)29(23)12-16-11-26-13-32-16)18-4-3-5-20(28-33-2)22(18)34-24/h3-5,8-11,13-14,28H,6-7,12H2,1-2H3. The zero-order valence-electron chi connectivity index (χ0n) is 18.7. The van der Waals surface area contributed by atoms with E-state index in [1.807, 2.05) is 36.6 Å². The molecule has 0 radical (unpaired) electrons. The second kappa shape index (κ2) is 8.48. The molecule has 6 rings (SSSR count). The minimum Gasteiger partial charge on any atom is -0.497 e. The summed E-state index contributed by atoms with van der Waals surface area (Å²) >= 11 is 3.07. The monoisotopic (exact) mass is 490 g/mol. The van der Waals surface area contributed by atoms with Crippen molar-refractivity contribution in [3.05, 3.63) is 70.7 Å². The lowest BCUT2D eigenvalue weighted by atomic mass is 10.0. The molecule has 0 aliphatic heterocycles. The maximum absolute atomic E-state index is 14.0. The number of nitrogens with zero attached hydrogens (tertiary/aromatic N) is 3. The fraction of sp³-hybridized carbons (Fsp3) is 0.240. The highest BCUT2D eigenvalue weighted by Gasteiger charge is 2.29. The first-order valence-corrected chi connectivity index (χ1v) is 13.0. The van der Waals surface area contributed by atoms with E-state index in [2.05, 4.69) is 15.8 Å². The smallest absolute Gasteiger partial charge is 0.263 e. The van der Waals surface area contributed by atoms with E-state index >= 15 is 0 Å². The number of ether oxygens (including phenoxy) is 1. The van der Waals surface area contributed by atoms with Crippen LogP contribution in [0.4, 0.5) is 5.69 Å². The molecule has 0 unspecified atom stereocenters. The van der Waals surface area contributed by atoms with Gasteiger partial charge >= 0.3 is 0 Å². The molecule has 9 heteroatoms. The second-order valence-corrected chi connectivity index (χ2v) is 9.90. The fourth-order valence-electron chi connectivity index (χ4n) is 4.40. The van der Waals surface area contributed by atoms with Gasteiger partial charge in [0.2, 0.25) is 0 Å². The molecule has 7 nitrogen and oxygen atoms in total. The average Bonchev–Trinajstić information content (AvgIpc) is 3.43. The number of nitrogens with one attached hydrogen (secondary N) is 1. The third-order valence-corrected chi connectivity index (χ3v) is 7.70. The molecule has 1 saturated carbocycles. The molecule has 1 aliphatic carbocycles. The molecule has 0 atom stereocenters. The number of hydrogen-bond acceptors (Lipinski definition) is 8. The first-order valence-electron chi connectivity index (χ1n) is 11.0. The maximum atomic E-state index is 14.0. The third-order valence-electron chi connectivity index (χ3n) is 6.15. The van der Waals surface area contributed by atoms with Crippen molar-refractivity contribution in [2.45, 2.75) is 25.3 Å². The Bertz CT molecular complexity index is 1570. The number of hydrogen-bond donors (Lipinski definition) is 1. The quantitative estimate of drug-likeness (QED) is 0.285. The lowest BCUT2D eigenvalue weighted by Gasteiger charge is -2.15. The number of aromatic nitrogens is 3. The van der Waals surface area contributed by atoms with Crippen molar-refractivity contribution in [2.24, 2.45) is 0 Å². The topological polar surface area (TPSA) is 82.2 Å². The number of benzene rings is 2. The van der Waals surface area contributed by atoms with Gasteiger partial charge in [-0.15, -0.1) is 11.3 Å². The molecule has 172 valence electrons. The SMILES string of the molecule is COc1ccc(-c2nc3sc4c(NSC)cccc4c3c(=O)n2Cc2cnco2)c(C2CC2)c1. The van der Waals surface area contributed by atoms with Gasteiger partial charge in [-0.3, -0.25) is 9.36 Å². The van der Waals surface area contributed by atoms with Gasteiger partial charge in [-0.25, -0.2) is 9.97 Å². The minimum absolute atomic E-state index is 0.0819. The van der Waals surface area contributed by atoms with Gasteiger partial charge in [-0.1, -0.05) is 24.1 Å². The second-order valence-electron chi connectivity index (χ2n) is 8.29. The average molecular weight is 491 g/mol. The molecule has 5 aromatic rings. The van der Waals surface area contributed by atoms with Gasteiger partial charge in [-0.05, 0) is 48.6 Å². The van der Waals surface area contributed by atoms with Crippen LogP contribution in [0.15, 0.2) is 58.2 Å². The summed E-state index contributed by atoms with van der Waals surface area (Å²) in [6, 6.07) is 12.0. The van der Waals surface area contributed by atoms with Crippen LogP contribution in [0.25, 0.3) is 31.7 Å². The summed E-state index contributed by atoms with van der Waals surface area (Å²) in [4.78, 5) is 23.9. The van der Waals surface area contributed by atoms with Gasteiger partial charge < -0.3 is 13.9 Å². The minimum atomic E-state index is -0.0819. The maximum Gasteiger partial charge on any atom is 0.263 e. The normalized spacial score (nSPS) is 13.6. The molecule has 0 spiro atoms. The van der Waals surface area contributed by atoms with E-state index in [0.29, 0.717) is 22.9 Å². The van der Waals surface area contributed by atoms with Crippen LogP contribution in [0, 0.1) is 0 Å². The lowest BCUT2D eigenvalue weighted by Crippen LogP contribution is -2.24. The van der Waals surface area contributed by atoms with Gasteiger partial charge in [0.05, 0.1) is 35.6 Å². The van der Waals surface area contributed by atoms with E-state index in [-0.39, 0.29) is 12.1 Å². The number of anilines is 1. The molecule has 2 aromatic carbocycles. The summed E-state index contributed by atoms with van der Waals surface area (Å²) in [5.74, 6) is 2.52. The van der Waals surface area contributed by atoms with Gasteiger partial charge in [0.1, 0.15) is 22.2 Å². The van der Waals surface area contributed by atoms with Crippen molar-refractivity contribution in [3.63, 3.8) is 0 Å². The molecule has 1 fully saturated rings. The molecule has 1 aliphatic rings. The highest BCUT2D eigenvalue weighted by molar-refractivity contribution is 7.99. The number of thiophene rings is 1. The molecule has 0 amide bonds. The van der Waals surface area contributed by atoms with Crippen LogP contribution >= 0.6 is 23.3 Å². The lowest BCUT2D eigenvalue weighted by molar-refractivity contribution is 0.414. The summed E-state index contributed by atoms with van der Waals surface area (Å²) in [6.45, 7) is 0.257. The zero-order chi connectivity index (χ0) is 23.2. The van der Waals surface area contributed by atoms with Gasteiger partial charge in [0.25, 0.3) is 5.56 Å². The van der Waals surface area contributed by atoms with E-state index in [9.17, 15) is 4.79 Å². The highest BCUT2D eigenvalue weighted by Crippen LogP contribution is 2.46. The highest BCUT2D eigenvalue weighted by atomic mass is 32.2. The van der Waals surface area contributed by atoms with Crippen LogP contribution in [0.2, 0.25) is 0 Å². The molecule has 0 saturated heterocycles. The van der Waals surface area contributed by atoms with Crippen LogP contribution in [0.5, 0.6) is 5.75 Å². The Morgan fingerprint density at radius 1 is 1.29 bits per heavy atom. The summed E-state index contributed by atoms with van der Waals surface area (Å²) in [5.41, 5.74) is 3.03. The van der Waals surface area contributed by atoms with Crippen LogP contribution in [-0.4, -0.2) is 27.9 Å². The molecular weight excluding hydrogens is 468 g/mol. The van der Waals surface area contributed by atoms with Crippen LogP contribution in [-0.2, 0) is 6.54 Å². The van der Waals surface area contributed by atoms with Gasteiger partial charge in [0.15, 0.2) is 6.39 Å². The molecule has 34 heavy (non-hydrogen) atoms. The first-order chi connectivity index (χ1) is 16.7. The van der Waals surface area contributed by atoms with E-state index in [1.165, 1.54) is 23.9 Å². The summed E-state index contributed by atoms with van der Waals surface area (Å²) in [7, 11) is 1.67. The number of oxazole rings is 1.